The van der Waals surface area contributed by atoms with Gasteiger partial charge in [0.1, 0.15) is 0 Å². The van der Waals surface area contributed by atoms with Gasteiger partial charge in [0.25, 0.3) is 0 Å². The summed E-state index contributed by atoms with van der Waals surface area (Å²) in [6, 6.07) is 0. The molecule has 0 radical (unpaired) electrons. The average Bonchev–Trinajstić information content (AvgIpc) is 1.89. The maximum atomic E-state index is 2.26. The van der Waals surface area contributed by atoms with Crippen molar-refractivity contribution in [2.45, 2.75) is 58.8 Å². The smallest absolute Gasteiger partial charge is 1.00 e. The van der Waals surface area contributed by atoms with Crippen molar-refractivity contribution < 1.29 is 2.85 Å². The molecule has 60 valence electrons. The van der Waals surface area contributed by atoms with E-state index in [2.05, 4.69) is 13.8 Å². The predicted molar refractivity (Wildman–Crippen MR) is 51.6 cm³/mol. The molecule has 0 aromatic heterocycles. The van der Waals surface area contributed by atoms with E-state index < -0.39 is 0 Å². The van der Waals surface area contributed by atoms with Gasteiger partial charge in [-0.1, -0.05) is 58.8 Å². The minimum Gasteiger partial charge on any atom is -1.00 e. The third-order valence-corrected chi connectivity index (χ3v) is 1.71. The summed E-state index contributed by atoms with van der Waals surface area (Å²) in [6.45, 7) is 4.53. The summed E-state index contributed by atoms with van der Waals surface area (Å²) in [6.07, 6.45) is 9.97. The third kappa shape index (κ3) is 11.5. The molecule has 10 heavy (non-hydrogen) atoms. The van der Waals surface area contributed by atoms with Crippen LogP contribution in [0.5, 0.6) is 0 Å². The monoisotopic (exact) mass is 154 g/mol. The normalized spacial score (nSPS) is 9.00. The van der Waals surface area contributed by atoms with Gasteiger partial charge in [-0.3, -0.25) is 0 Å². The van der Waals surface area contributed by atoms with Crippen LogP contribution in [-0.2, 0) is 0 Å². The van der Waals surface area contributed by atoms with E-state index in [0.717, 1.165) is 0 Å². The van der Waals surface area contributed by atoms with Gasteiger partial charge >= 0.3 is 23.1 Å². The fraction of sp³-hybridized carbons (Fsp3) is 1.00. The molecule has 0 aromatic rings. The first kappa shape index (κ1) is 13.4. The maximum absolute atomic E-state index is 2.26. The average molecular weight is 155 g/mol. The van der Waals surface area contributed by atoms with Crippen LogP contribution in [0.25, 0.3) is 0 Å². The summed E-state index contributed by atoms with van der Waals surface area (Å²) >= 11 is 0. The van der Waals surface area contributed by atoms with E-state index in [-0.39, 0.29) is 25.9 Å². The Hall–Kier alpha value is 0.766. The largest absolute Gasteiger partial charge is 2.00 e. The Morgan fingerprint density at radius 1 is 0.700 bits per heavy atom. The Kier molecular flexibility index (Phi) is 16.6. The number of rotatable bonds is 6. The summed E-state index contributed by atoms with van der Waals surface area (Å²) in [5.41, 5.74) is 0. The second kappa shape index (κ2) is 12.4. The minimum atomic E-state index is 0. The van der Waals surface area contributed by atoms with Crippen LogP contribution in [0.3, 0.4) is 0 Å². The second-order valence-corrected chi connectivity index (χ2v) is 2.77. The minimum absolute atomic E-state index is 0. The van der Waals surface area contributed by atoms with Gasteiger partial charge in [-0.15, -0.1) is 0 Å². The summed E-state index contributed by atoms with van der Waals surface area (Å²) in [5.74, 6) is 0. The predicted octanol–water partition coefficient (Wildman–Crippen LogP) is 3.60. The third-order valence-electron chi connectivity index (χ3n) is 1.71. The van der Waals surface area contributed by atoms with Crippen molar-refractivity contribution >= 4 is 23.1 Å². The van der Waals surface area contributed by atoms with Crippen molar-refractivity contribution in [3.63, 3.8) is 0 Å². The van der Waals surface area contributed by atoms with Gasteiger partial charge in [0.2, 0.25) is 0 Å². The molecule has 0 nitrogen and oxygen atoms in total. The molecule has 0 aliphatic rings. The van der Waals surface area contributed by atoms with Crippen LogP contribution in [0.15, 0.2) is 0 Å². The Bertz CT molecular complexity index is 45.8. The zero-order valence-corrected chi connectivity index (χ0v) is 9.07. The van der Waals surface area contributed by atoms with Crippen molar-refractivity contribution in [2.75, 3.05) is 0 Å². The van der Waals surface area contributed by atoms with Crippen LogP contribution in [0.2, 0.25) is 0 Å². The van der Waals surface area contributed by atoms with Gasteiger partial charge in [0.15, 0.2) is 0 Å². The number of hydrogen-bond acceptors (Lipinski definition) is 0. The Labute approximate surface area is 84.9 Å². The second-order valence-electron chi connectivity index (χ2n) is 2.77. The van der Waals surface area contributed by atoms with Gasteiger partial charge in [0, 0.05) is 0 Å². The topological polar surface area (TPSA) is 0 Å². The molecule has 0 spiro atoms. The van der Waals surface area contributed by atoms with Gasteiger partial charge in [0.05, 0.1) is 0 Å². The quantitative estimate of drug-likeness (QED) is 0.405. The summed E-state index contributed by atoms with van der Waals surface area (Å²) < 4.78 is 0. The molecule has 0 atom stereocenters. The fourth-order valence-corrected chi connectivity index (χ4v) is 1.03. The van der Waals surface area contributed by atoms with E-state index >= 15 is 0 Å². The van der Waals surface area contributed by atoms with Crippen molar-refractivity contribution in [3.05, 3.63) is 0 Å². The molecule has 0 N–H and O–H groups in total. The molecular weight excluding hydrogens is 132 g/mol. The zero-order valence-electron chi connectivity index (χ0n) is 9.66. The Morgan fingerprint density at radius 3 is 1.30 bits per heavy atom. The maximum Gasteiger partial charge on any atom is 2.00 e. The Morgan fingerprint density at radius 2 is 1.00 bits per heavy atom. The van der Waals surface area contributed by atoms with Crippen LogP contribution < -0.4 is 0 Å². The molecule has 0 fully saturated rings. The van der Waals surface area contributed by atoms with Gasteiger partial charge in [-0.05, 0) is 0 Å². The van der Waals surface area contributed by atoms with Crippen LogP contribution in [0.1, 0.15) is 61.6 Å². The summed E-state index contributed by atoms with van der Waals surface area (Å²) in [7, 11) is 0. The van der Waals surface area contributed by atoms with Crippen molar-refractivity contribution in [2.24, 2.45) is 0 Å². The molecule has 0 aromatic carbocycles. The van der Waals surface area contributed by atoms with Crippen molar-refractivity contribution in [1.82, 2.24) is 0 Å². The molecule has 0 rings (SSSR count). The van der Waals surface area contributed by atoms with E-state index in [1.165, 1.54) is 44.9 Å². The molecule has 1 heteroatoms. The van der Waals surface area contributed by atoms with E-state index in [4.69, 9.17) is 0 Å². The van der Waals surface area contributed by atoms with Crippen molar-refractivity contribution in [1.29, 1.82) is 0 Å². The Balaban J connectivity index is -0.000000107. The molecule has 0 unspecified atom stereocenters. The van der Waals surface area contributed by atoms with E-state index in [1.54, 1.807) is 0 Å². The molecular formula is C9H22Mg. The summed E-state index contributed by atoms with van der Waals surface area (Å²) in [5, 5.41) is 0. The van der Waals surface area contributed by atoms with Gasteiger partial charge in [-0.2, -0.15) is 0 Å². The molecule has 0 heterocycles. The van der Waals surface area contributed by atoms with Gasteiger partial charge in [-0.25, -0.2) is 0 Å². The first-order valence-electron chi connectivity index (χ1n) is 4.41. The molecule has 0 saturated heterocycles. The first-order chi connectivity index (χ1) is 4.41. The molecule has 0 aliphatic carbocycles. The first-order valence-corrected chi connectivity index (χ1v) is 4.41. The van der Waals surface area contributed by atoms with Crippen LogP contribution in [-0.4, -0.2) is 23.1 Å². The summed E-state index contributed by atoms with van der Waals surface area (Å²) in [4.78, 5) is 0. The van der Waals surface area contributed by atoms with E-state index in [0.29, 0.717) is 0 Å². The molecule has 0 amide bonds. The van der Waals surface area contributed by atoms with Crippen LogP contribution in [0.4, 0.5) is 0 Å². The number of hydrogen-bond donors (Lipinski definition) is 0. The van der Waals surface area contributed by atoms with Crippen molar-refractivity contribution in [3.8, 4) is 0 Å². The fourth-order valence-electron chi connectivity index (χ4n) is 1.03. The van der Waals surface area contributed by atoms with Crippen LogP contribution in [0, 0.1) is 0 Å². The molecule has 0 aliphatic heterocycles. The van der Waals surface area contributed by atoms with E-state index in [9.17, 15) is 0 Å². The SMILES string of the molecule is CCCCCCCCC.[H-].[H-].[Mg+2]. The molecule has 0 bridgehead atoms. The van der Waals surface area contributed by atoms with E-state index in [1.807, 2.05) is 0 Å². The number of unbranched alkanes of at least 4 members (excludes halogenated alkanes) is 6. The van der Waals surface area contributed by atoms with Gasteiger partial charge < -0.3 is 2.85 Å². The van der Waals surface area contributed by atoms with Crippen LogP contribution >= 0.6 is 0 Å². The zero-order chi connectivity index (χ0) is 6.95. The molecule has 0 saturated carbocycles. The standard InChI is InChI=1S/C9H20.Mg.2H/c1-3-5-7-9-8-6-4-2;;;/h3-9H2,1-2H3;;;/q;+2;2*-1.